The lowest BCUT2D eigenvalue weighted by Crippen LogP contribution is -2.31. The molecule has 1 heterocycles. The Morgan fingerprint density at radius 2 is 2.00 bits per heavy atom. The van der Waals surface area contributed by atoms with E-state index in [0.29, 0.717) is 19.0 Å². The van der Waals surface area contributed by atoms with Crippen LogP contribution in [-0.2, 0) is 10.0 Å². The van der Waals surface area contributed by atoms with E-state index in [4.69, 9.17) is 11.6 Å². The summed E-state index contributed by atoms with van der Waals surface area (Å²) in [4.78, 5) is 0. The summed E-state index contributed by atoms with van der Waals surface area (Å²) >= 11 is 5.51. The Bertz CT molecular complexity index is 461. The van der Waals surface area contributed by atoms with Crippen LogP contribution in [0.5, 0.6) is 0 Å². The van der Waals surface area contributed by atoms with Crippen molar-refractivity contribution in [2.75, 3.05) is 24.7 Å². The van der Waals surface area contributed by atoms with E-state index in [-0.39, 0.29) is 11.6 Å². The first-order valence-corrected chi connectivity index (χ1v) is 7.86. The number of nitrogens with zero attached hydrogens (tertiary/aromatic N) is 1. The van der Waals surface area contributed by atoms with Crippen molar-refractivity contribution < 1.29 is 8.42 Å². The SMILES string of the molecule is O=S(=O)(CCCl)N1CCC(c2ccccc2)C1. The first-order valence-electron chi connectivity index (χ1n) is 5.72. The van der Waals surface area contributed by atoms with E-state index in [1.165, 1.54) is 5.56 Å². The van der Waals surface area contributed by atoms with Gasteiger partial charge in [-0.05, 0) is 17.9 Å². The van der Waals surface area contributed by atoms with Gasteiger partial charge in [0.15, 0.2) is 0 Å². The molecule has 1 fully saturated rings. The Kier molecular flexibility index (Phi) is 4.07. The van der Waals surface area contributed by atoms with Crippen molar-refractivity contribution in [3.05, 3.63) is 35.9 Å². The molecule has 1 aromatic carbocycles. The molecule has 1 unspecified atom stereocenters. The summed E-state index contributed by atoms with van der Waals surface area (Å²) in [7, 11) is -3.15. The van der Waals surface area contributed by atoms with E-state index in [9.17, 15) is 8.42 Å². The van der Waals surface area contributed by atoms with E-state index in [2.05, 4.69) is 12.1 Å². The molecule has 0 radical (unpaired) electrons. The lowest BCUT2D eigenvalue weighted by atomic mass is 9.99. The third-order valence-electron chi connectivity index (χ3n) is 3.15. The third kappa shape index (κ3) is 3.00. The second-order valence-electron chi connectivity index (χ2n) is 4.26. The molecule has 94 valence electrons. The summed E-state index contributed by atoms with van der Waals surface area (Å²) in [5.41, 5.74) is 1.22. The third-order valence-corrected chi connectivity index (χ3v) is 5.40. The predicted octanol–water partition coefficient (Wildman–Crippen LogP) is 2.04. The molecule has 3 nitrogen and oxygen atoms in total. The fourth-order valence-electron chi connectivity index (χ4n) is 2.20. The maximum absolute atomic E-state index is 11.9. The van der Waals surface area contributed by atoms with Crippen molar-refractivity contribution >= 4 is 21.6 Å². The molecular weight excluding hydrogens is 258 g/mol. The number of halogens is 1. The molecule has 0 spiro atoms. The van der Waals surface area contributed by atoms with Gasteiger partial charge in [0.25, 0.3) is 0 Å². The quantitative estimate of drug-likeness (QED) is 0.788. The van der Waals surface area contributed by atoms with E-state index < -0.39 is 10.0 Å². The molecule has 1 aliphatic heterocycles. The Balaban J connectivity index is 2.06. The van der Waals surface area contributed by atoms with Crippen molar-refractivity contribution in [1.82, 2.24) is 4.31 Å². The lowest BCUT2D eigenvalue weighted by Gasteiger charge is -2.15. The highest BCUT2D eigenvalue weighted by atomic mass is 35.5. The highest BCUT2D eigenvalue weighted by Gasteiger charge is 2.31. The smallest absolute Gasteiger partial charge is 0.212 e. The molecular formula is C12H16ClNO2S. The van der Waals surface area contributed by atoms with Gasteiger partial charge in [0, 0.05) is 19.0 Å². The van der Waals surface area contributed by atoms with Gasteiger partial charge in [-0.25, -0.2) is 12.7 Å². The van der Waals surface area contributed by atoms with Crippen molar-refractivity contribution in [2.24, 2.45) is 0 Å². The normalized spacial score (nSPS) is 21.8. The largest absolute Gasteiger partial charge is 0.215 e. The first-order chi connectivity index (χ1) is 8.13. The minimum atomic E-state index is -3.15. The van der Waals surface area contributed by atoms with Gasteiger partial charge in [0.2, 0.25) is 10.0 Å². The molecule has 0 bridgehead atoms. The van der Waals surface area contributed by atoms with E-state index in [0.717, 1.165) is 6.42 Å². The van der Waals surface area contributed by atoms with Crippen LogP contribution in [0.25, 0.3) is 0 Å². The van der Waals surface area contributed by atoms with Crippen LogP contribution >= 0.6 is 11.6 Å². The van der Waals surface area contributed by atoms with Crippen molar-refractivity contribution in [3.8, 4) is 0 Å². The molecule has 17 heavy (non-hydrogen) atoms. The van der Waals surface area contributed by atoms with Gasteiger partial charge in [0.1, 0.15) is 0 Å². The van der Waals surface area contributed by atoms with Gasteiger partial charge < -0.3 is 0 Å². The van der Waals surface area contributed by atoms with Crippen LogP contribution in [0.2, 0.25) is 0 Å². The number of sulfonamides is 1. The summed E-state index contributed by atoms with van der Waals surface area (Å²) < 4.78 is 25.3. The van der Waals surface area contributed by atoms with Gasteiger partial charge in [-0.3, -0.25) is 0 Å². The summed E-state index contributed by atoms with van der Waals surface area (Å²) in [6.45, 7) is 1.20. The zero-order chi connectivity index (χ0) is 12.3. The number of alkyl halides is 1. The van der Waals surface area contributed by atoms with E-state index >= 15 is 0 Å². The Labute approximate surface area is 107 Å². The van der Waals surface area contributed by atoms with Crippen LogP contribution in [0.3, 0.4) is 0 Å². The Morgan fingerprint density at radius 3 is 2.65 bits per heavy atom. The second-order valence-corrected chi connectivity index (χ2v) is 6.73. The molecule has 0 N–H and O–H groups in total. The molecule has 2 rings (SSSR count). The molecule has 5 heteroatoms. The van der Waals surface area contributed by atoms with Crippen molar-refractivity contribution in [3.63, 3.8) is 0 Å². The van der Waals surface area contributed by atoms with Crippen LogP contribution in [0, 0.1) is 0 Å². The van der Waals surface area contributed by atoms with Gasteiger partial charge in [0.05, 0.1) is 5.75 Å². The predicted molar refractivity (Wildman–Crippen MR) is 69.9 cm³/mol. The zero-order valence-corrected chi connectivity index (χ0v) is 11.1. The molecule has 0 saturated carbocycles. The summed E-state index contributed by atoms with van der Waals surface area (Å²) in [6.07, 6.45) is 0.894. The van der Waals surface area contributed by atoms with E-state index in [1.54, 1.807) is 4.31 Å². The average Bonchev–Trinajstić information content (AvgIpc) is 2.80. The van der Waals surface area contributed by atoms with Crippen LogP contribution < -0.4 is 0 Å². The molecule has 1 aliphatic rings. The first kappa shape index (κ1) is 12.9. The lowest BCUT2D eigenvalue weighted by molar-refractivity contribution is 0.474. The standard InChI is InChI=1S/C12H16ClNO2S/c13-7-9-17(15,16)14-8-6-12(10-14)11-4-2-1-3-5-11/h1-5,12H,6-10H2. The molecule has 0 aliphatic carbocycles. The van der Waals surface area contributed by atoms with Gasteiger partial charge in [-0.15, -0.1) is 11.6 Å². The van der Waals surface area contributed by atoms with Crippen LogP contribution in [-0.4, -0.2) is 37.4 Å². The van der Waals surface area contributed by atoms with Crippen molar-refractivity contribution in [1.29, 1.82) is 0 Å². The number of rotatable bonds is 4. The maximum Gasteiger partial charge on any atom is 0.215 e. The number of benzene rings is 1. The number of hydrogen-bond acceptors (Lipinski definition) is 2. The fraction of sp³-hybridized carbons (Fsp3) is 0.500. The van der Waals surface area contributed by atoms with Crippen molar-refractivity contribution in [2.45, 2.75) is 12.3 Å². The second kappa shape index (κ2) is 5.38. The Morgan fingerprint density at radius 1 is 1.29 bits per heavy atom. The zero-order valence-electron chi connectivity index (χ0n) is 9.55. The summed E-state index contributed by atoms with van der Waals surface area (Å²) in [5.74, 6) is 0.520. The molecule has 1 aromatic rings. The van der Waals surface area contributed by atoms with Gasteiger partial charge >= 0.3 is 0 Å². The molecule has 1 saturated heterocycles. The highest BCUT2D eigenvalue weighted by Crippen LogP contribution is 2.28. The topological polar surface area (TPSA) is 37.4 Å². The fourth-order valence-corrected chi connectivity index (χ4v) is 4.03. The van der Waals surface area contributed by atoms with Gasteiger partial charge in [-0.1, -0.05) is 30.3 Å². The molecule has 0 aromatic heterocycles. The van der Waals surface area contributed by atoms with E-state index in [1.807, 2.05) is 18.2 Å². The highest BCUT2D eigenvalue weighted by molar-refractivity contribution is 7.89. The van der Waals surface area contributed by atoms with Crippen LogP contribution in [0.15, 0.2) is 30.3 Å². The monoisotopic (exact) mass is 273 g/mol. The number of hydrogen-bond donors (Lipinski definition) is 0. The minimum Gasteiger partial charge on any atom is -0.212 e. The summed E-state index contributed by atoms with van der Waals surface area (Å²) in [5, 5.41) is 0. The maximum atomic E-state index is 11.9. The molecule has 0 amide bonds. The minimum absolute atomic E-state index is 0.0378. The van der Waals surface area contributed by atoms with Crippen LogP contribution in [0.4, 0.5) is 0 Å². The Hall–Kier alpha value is -0.580. The van der Waals surface area contributed by atoms with Crippen LogP contribution in [0.1, 0.15) is 17.9 Å². The average molecular weight is 274 g/mol. The van der Waals surface area contributed by atoms with Gasteiger partial charge in [-0.2, -0.15) is 0 Å². The molecule has 1 atom stereocenters. The summed E-state index contributed by atoms with van der Waals surface area (Å²) in [6, 6.07) is 10.1.